The van der Waals surface area contributed by atoms with E-state index in [1.54, 1.807) is 0 Å². The van der Waals surface area contributed by atoms with Crippen LogP contribution in [0.2, 0.25) is 0 Å². The van der Waals surface area contributed by atoms with E-state index in [9.17, 15) is 0 Å². The number of rotatable bonds is 3. The van der Waals surface area contributed by atoms with E-state index in [-0.39, 0.29) is 17.0 Å². The number of halogens is 1. The van der Waals surface area contributed by atoms with Crippen LogP contribution in [-0.4, -0.2) is 26.2 Å². The zero-order valence-electron chi connectivity index (χ0n) is 7.82. The van der Waals surface area contributed by atoms with Gasteiger partial charge in [-0.2, -0.15) is 0 Å². The van der Waals surface area contributed by atoms with Gasteiger partial charge in [-0.1, -0.05) is 13.8 Å². The van der Waals surface area contributed by atoms with Crippen molar-refractivity contribution in [2.75, 3.05) is 26.2 Å². The van der Waals surface area contributed by atoms with E-state index in [1.165, 1.54) is 12.6 Å². The first-order chi connectivity index (χ1) is 3.92. The van der Waals surface area contributed by atoms with Crippen molar-refractivity contribution in [1.82, 2.24) is 0 Å². The minimum absolute atomic E-state index is 0. The van der Waals surface area contributed by atoms with E-state index in [2.05, 4.69) is 33.8 Å². The van der Waals surface area contributed by atoms with Crippen molar-refractivity contribution in [2.24, 2.45) is 5.92 Å². The summed E-state index contributed by atoms with van der Waals surface area (Å²) < 4.78 is 0. The Labute approximate surface area is 76.9 Å². The Morgan fingerprint density at radius 2 is 1.50 bits per heavy atom. The summed E-state index contributed by atoms with van der Waals surface area (Å²) in [6.07, 6.45) is 2.88. The van der Waals surface area contributed by atoms with Crippen molar-refractivity contribution >= 4 is 7.26 Å². The second kappa shape index (κ2) is 5.55. The summed E-state index contributed by atoms with van der Waals surface area (Å²) in [7, 11) is -0.470. The third kappa shape index (κ3) is 11.7. The topological polar surface area (TPSA) is 0 Å². The summed E-state index contributed by atoms with van der Waals surface area (Å²) in [4.78, 5) is 0. The first kappa shape index (κ1) is 13.5. The molecule has 2 heteroatoms. The Kier molecular flexibility index (Phi) is 7.49. The molecule has 0 unspecified atom stereocenters. The van der Waals surface area contributed by atoms with Crippen molar-refractivity contribution in [2.45, 2.75) is 20.3 Å². The van der Waals surface area contributed by atoms with Crippen molar-refractivity contribution < 1.29 is 17.0 Å². The van der Waals surface area contributed by atoms with E-state index in [0.29, 0.717) is 0 Å². The van der Waals surface area contributed by atoms with Crippen LogP contribution in [0.4, 0.5) is 0 Å². The largest absolute Gasteiger partial charge is 1.00 e. The third-order valence-corrected chi connectivity index (χ3v) is 2.98. The predicted molar refractivity (Wildman–Crippen MR) is 49.0 cm³/mol. The fraction of sp³-hybridized carbons (Fsp3) is 1.00. The fourth-order valence-corrected chi connectivity index (χ4v) is 1.94. The van der Waals surface area contributed by atoms with Gasteiger partial charge in [-0.3, -0.25) is 0 Å². The molecule has 64 valence electrons. The maximum absolute atomic E-state index is 2.41. The maximum atomic E-state index is 2.41. The van der Waals surface area contributed by atoms with Gasteiger partial charge < -0.3 is 17.0 Å². The van der Waals surface area contributed by atoms with E-state index >= 15 is 0 Å². The minimum atomic E-state index is -0.470. The quantitative estimate of drug-likeness (QED) is 0.593. The van der Waals surface area contributed by atoms with E-state index < -0.39 is 7.26 Å². The molecule has 0 atom stereocenters. The Hall–Kier alpha value is 0.910. The molecular formula is C8H20BrP. The molecule has 0 aromatic heterocycles. The van der Waals surface area contributed by atoms with Crippen LogP contribution >= 0.6 is 7.26 Å². The van der Waals surface area contributed by atoms with Gasteiger partial charge in [-0.25, -0.2) is 0 Å². The molecule has 0 aromatic carbocycles. The highest BCUT2D eigenvalue weighted by atomic mass is 79.9. The first-order valence-corrected chi connectivity index (χ1v) is 7.04. The Balaban J connectivity index is 0. The summed E-state index contributed by atoms with van der Waals surface area (Å²) in [5, 5.41) is 0. The lowest BCUT2D eigenvalue weighted by atomic mass is 10.2. The Bertz CT molecular complexity index is 73.8. The fourth-order valence-electron chi connectivity index (χ4n) is 0.645. The molecule has 0 heterocycles. The SMILES string of the molecule is CC(C)CC[P+](C)(C)C.[Br-]. The lowest BCUT2D eigenvalue weighted by Crippen LogP contribution is -3.00. The van der Waals surface area contributed by atoms with Crippen LogP contribution in [-0.2, 0) is 0 Å². The molecule has 0 aliphatic heterocycles. The van der Waals surface area contributed by atoms with Crippen LogP contribution in [0.25, 0.3) is 0 Å². The average Bonchev–Trinajstić information content (AvgIpc) is 1.59. The normalized spacial score (nSPS) is 11.4. The van der Waals surface area contributed by atoms with Crippen LogP contribution in [0.15, 0.2) is 0 Å². The molecule has 0 aromatic rings. The molecule has 0 saturated carbocycles. The zero-order valence-corrected chi connectivity index (χ0v) is 10.3. The molecule has 0 amide bonds. The zero-order chi connectivity index (χ0) is 7.49. The maximum Gasteiger partial charge on any atom is 0.0588 e. The second-order valence-electron chi connectivity index (χ2n) is 4.20. The molecule has 0 rings (SSSR count). The lowest BCUT2D eigenvalue weighted by molar-refractivity contribution is -0.00000246. The van der Waals surface area contributed by atoms with E-state index in [4.69, 9.17) is 0 Å². The Morgan fingerprint density at radius 1 is 1.10 bits per heavy atom. The van der Waals surface area contributed by atoms with Crippen LogP contribution < -0.4 is 17.0 Å². The summed E-state index contributed by atoms with van der Waals surface area (Å²) in [5.74, 6) is 0.893. The summed E-state index contributed by atoms with van der Waals surface area (Å²) >= 11 is 0. The van der Waals surface area contributed by atoms with Gasteiger partial charge in [0.05, 0.1) is 6.16 Å². The third-order valence-electron chi connectivity index (χ3n) is 1.38. The van der Waals surface area contributed by atoms with Crippen LogP contribution in [0.3, 0.4) is 0 Å². The smallest absolute Gasteiger partial charge is 0.0588 e. The molecule has 0 aliphatic carbocycles. The molecule has 0 bridgehead atoms. The van der Waals surface area contributed by atoms with Gasteiger partial charge in [0.25, 0.3) is 0 Å². The van der Waals surface area contributed by atoms with Crippen LogP contribution in [0.1, 0.15) is 20.3 Å². The van der Waals surface area contributed by atoms with Gasteiger partial charge in [0.1, 0.15) is 0 Å². The van der Waals surface area contributed by atoms with Gasteiger partial charge in [0, 0.05) is 27.3 Å². The summed E-state index contributed by atoms with van der Waals surface area (Å²) in [6, 6.07) is 0. The highest BCUT2D eigenvalue weighted by Gasteiger charge is 2.16. The van der Waals surface area contributed by atoms with Crippen molar-refractivity contribution in [3.8, 4) is 0 Å². The molecule has 0 saturated heterocycles. The van der Waals surface area contributed by atoms with Gasteiger partial charge >= 0.3 is 0 Å². The molecule has 0 nitrogen and oxygen atoms in total. The lowest BCUT2D eigenvalue weighted by Gasteiger charge is -2.12. The van der Waals surface area contributed by atoms with Crippen molar-refractivity contribution in [1.29, 1.82) is 0 Å². The number of hydrogen-bond acceptors (Lipinski definition) is 0. The van der Waals surface area contributed by atoms with Crippen molar-refractivity contribution in [3.63, 3.8) is 0 Å². The van der Waals surface area contributed by atoms with Crippen LogP contribution in [0, 0.1) is 5.92 Å². The second-order valence-corrected chi connectivity index (χ2v) is 9.22. The van der Waals surface area contributed by atoms with Gasteiger partial charge in [0.2, 0.25) is 0 Å². The Morgan fingerprint density at radius 3 is 1.60 bits per heavy atom. The predicted octanol–water partition coefficient (Wildman–Crippen LogP) is -0.0565. The van der Waals surface area contributed by atoms with Crippen LogP contribution in [0.5, 0.6) is 0 Å². The van der Waals surface area contributed by atoms with Gasteiger partial charge in [0.15, 0.2) is 0 Å². The van der Waals surface area contributed by atoms with E-state index in [0.717, 1.165) is 5.92 Å². The molecule has 0 N–H and O–H groups in total. The average molecular weight is 227 g/mol. The summed E-state index contributed by atoms with van der Waals surface area (Å²) in [6.45, 7) is 11.8. The van der Waals surface area contributed by atoms with Crippen molar-refractivity contribution in [3.05, 3.63) is 0 Å². The standard InChI is InChI=1S/C8H20P.BrH/c1-8(2)6-7-9(3,4)5;/h8H,6-7H2,1-5H3;1H/q+1;/p-1. The summed E-state index contributed by atoms with van der Waals surface area (Å²) in [5.41, 5.74) is 0. The molecule has 0 aliphatic rings. The highest BCUT2D eigenvalue weighted by molar-refractivity contribution is 7.73. The molecule has 0 radical (unpaired) electrons. The van der Waals surface area contributed by atoms with Gasteiger partial charge in [-0.15, -0.1) is 0 Å². The van der Waals surface area contributed by atoms with E-state index in [1.807, 2.05) is 0 Å². The molecule has 0 fully saturated rings. The van der Waals surface area contributed by atoms with Gasteiger partial charge in [-0.05, 0) is 12.3 Å². The molecule has 0 spiro atoms. The first-order valence-electron chi connectivity index (χ1n) is 3.72. The monoisotopic (exact) mass is 226 g/mol. The molecule has 10 heavy (non-hydrogen) atoms. The number of hydrogen-bond donors (Lipinski definition) is 0. The minimum Gasteiger partial charge on any atom is -1.00 e. The molecular weight excluding hydrogens is 207 g/mol. The highest BCUT2D eigenvalue weighted by Crippen LogP contribution is 2.47.